The Balaban J connectivity index is 1.19. The molecule has 68 heavy (non-hydrogen) atoms. The van der Waals surface area contributed by atoms with E-state index in [0.717, 1.165) is 45.1 Å². The van der Waals surface area contributed by atoms with E-state index in [0.29, 0.717) is 53.9 Å². The second-order valence-corrected chi connectivity index (χ2v) is 19.9. The van der Waals surface area contributed by atoms with E-state index in [1.165, 1.54) is 121 Å². The van der Waals surface area contributed by atoms with Gasteiger partial charge in [0.1, 0.15) is 5.75 Å². The normalized spacial score (nSPS) is 17.6. The number of hydrogen-bond acceptors (Lipinski definition) is 10. The predicted molar refractivity (Wildman–Crippen MR) is 269 cm³/mol. The van der Waals surface area contributed by atoms with Crippen LogP contribution in [0.1, 0.15) is 213 Å². The molecule has 6 rings (SSSR count). The Morgan fingerprint density at radius 1 is 0.544 bits per heavy atom. The number of nitrogens with zero attached hydrogens (tertiary/aromatic N) is 2. The number of hydrogen-bond donors (Lipinski definition) is 0. The van der Waals surface area contributed by atoms with Crippen LogP contribution in [0, 0.1) is 53.3 Å². The topological polar surface area (TPSA) is 157 Å². The molecule has 3 fully saturated rings. The molecule has 0 unspecified atom stereocenters. The number of carbonyl (C=O) groups is 2. The van der Waals surface area contributed by atoms with Crippen LogP contribution >= 0.6 is 0 Å². The van der Waals surface area contributed by atoms with Crippen molar-refractivity contribution in [2.45, 2.75) is 214 Å². The van der Waals surface area contributed by atoms with Crippen LogP contribution in [0.3, 0.4) is 0 Å². The Hall–Kier alpha value is -4.84. The maximum absolute atomic E-state index is 14.0. The van der Waals surface area contributed by atoms with Crippen molar-refractivity contribution >= 4 is 23.3 Å². The summed E-state index contributed by atoms with van der Waals surface area (Å²) in [6.07, 6.45) is 29.0. The maximum atomic E-state index is 14.0. The minimum Gasteiger partial charge on any atom is -0.494 e. The third-order valence-corrected chi connectivity index (χ3v) is 14.8. The van der Waals surface area contributed by atoms with Gasteiger partial charge in [0.25, 0.3) is 0 Å². The van der Waals surface area contributed by atoms with E-state index in [-0.39, 0.29) is 39.5 Å². The summed E-state index contributed by atoms with van der Waals surface area (Å²) in [5.74, 6) is -0.987. The first-order valence-corrected chi connectivity index (χ1v) is 26.1. The number of nitro groups is 2. The van der Waals surface area contributed by atoms with Crippen molar-refractivity contribution in [2.75, 3.05) is 13.2 Å². The van der Waals surface area contributed by atoms with Gasteiger partial charge in [0.05, 0.1) is 33.0 Å². The monoisotopic (exact) mass is 941 g/mol. The lowest BCUT2D eigenvalue weighted by atomic mass is 9.58. The number of rotatable bonds is 31. The fourth-order valence-corrected chi connectivity index (χ4v) is 10.6. The van der Waals surface area contributed by atoms with Crippen LogP contribution in [0.5, 0.6) is 17.2 Å². The average Bonchev–Trinajstić information content (AvgIpc) is 3.31. The summed E-state index contributed by atoms with van der Waals surface area (Å²) in [5, 5.41) is 25.4. The molecule has 0 atom stereocenters. The standard InChI is InChI=1S/C56H80N2O10/c1-7-9-11-13-15-17-19-21-23-25-37-65-46-29-27-45(28-30-46)53(59)67-47-39-41(3)49(43(5)51(47)57(61)62)50-42(4)40-48(52(44(50)6)58(63)64)68-54(60)55-31-34-56(35-32-55,36-33-55)66-38-26-24-22-20-18-16-14-12-10-8-2/h27-30,39-40H,7-26,31-38H2,1-6H3. The summed E-state index contributed by atoms with van der Waals surface area (Å²) in [6, 6.07) is 9.42. The zero-order valence-corrected chi connectivity index (χ0v) is 42.2. The minimum absolute atomic E-state index is 0.140. The van der Waals surface area contributed by atoms with Crippen molar-refractivity contribution < 1.29 is 38.4 Å². The minimum atomic E-state index is -0.770. The van der Waals surface area contributed by atoms with Gasteiger partial charge in [-0.2, -0.15) is 0 Å². The highest BCUT2D eigenvalue weighted by molar-refractivity contribution is 5.93. The van der Waals surface area contributed by atoms with Gasteiger partial charge >= 0.3 is 23.3 Å². The van der Waals surface area contributed by atoms with E-state index in [2.05, 4.69) is 13.8 Å². The third kappa shape index (κ3) is 14.6. The molecule has 0 aliphatic heterocycles. The highest BCUT2D eigenvalue weighted by Gasteiger charge is 2.54. The molecule has 0 aromatic heterocycles. The highest BCUT2D eigenvalue weighted by atomic mass is 16.6. The molecule has 3 saturated carbocycles. The van der Waals surface area contributed by atoms with Crippen LogP contribution in [-0.4, -0.2) is 40.6 Å². The number of fused-ring (bicyclic) bond motifs is 3. The molecule has 0 radical (unpaired) electrons. The second-order valence-electron chi connectivity index (χ2n) is 19.9. The fraction of sp³-hybridized carbons (Fsp3) is 0.643. The van der Waals surface area contributed by atoms with Crippen molar-refractivity contribution in [1.29, 1.82) is 0 Å². The number of carbonyl (C=O) groups excluding carboxylic acids is 2. The van der Waals surface area contributed by atoms with Gasteiger partial charge in [0.15, 0.2) is 0 Å². The molecule has 0 N–H and O–H groups in total. The SMILES string of the molecule is CCCCCCCCCCCCOc1ccc(C(=O)Oc2cc(C)c(-c3c(C)cc(OC(=O)C45CCC(OCCCCCCCCCCCC)(CC4)CC5)c([N+](=O)[O-])c3C)c(C)c2[N+](=O)[O-])cc1. The zero-order valence-electron chi connectivity index (χ0n) is 42.2. The number of ether oxygens (including phenoxy) is 4. The fourth-order valence-electron chi connectivity index (χ4n) is 10.6. The Kier molecular flexibility index (Phi) is 21.3. The van der Waals surface area contributed by atoms with Crippen molar-refractivity contribution in [3.8, 4) is 28.4 Å². The Morgan fingerprint density at radius 2 is 0.941 bits per heavy atom. The second kappa shape index (κ2) is 26.8. The van der Waals surface area contributed by atoms with Gasteiger partial charge in [0, 0.05) is 17.7 Å². The molecule has 3 aromatic rings. The quantitative estimate of drug-likeness (QED) is 0.0200. The maximum Gasteiger partial charge on any atom is 0.343 e. The van der Waals surface area contributed by atoms with Crippen LogP contribution in [0.2, 0.25) is 0 Å². The molecule has 0 heterocycles. The van der Waals surface area contributed by atoms with Gasteiger partial charge < -0.3 is 18.9 Å². The highest BCUT2D eigenvalue weighted by Crippen LogP contribution is 2.55. The molecule has 2 bridgehead atoms. The first-order valence-electron chi connectivity index (χ1n) is 26.1. The Morgan fingerprint density at radius 3 is 1.37 bits per heavy atom. The first-order chi connectivity index (χ1) is 32.8. The van der Waals surface area contributed by atoms with E-state index in [1.54, 1.807) is 52.0 Å². The average molecular weight is 941 g/mol. The molecule has 3 aromatic carbocycles. The van der Waals surface area contributed by atoms with E-state index in [1.807, 2.05) is 0 Å². The number of benzene rings is 3. The number of esters is 2. The number of unbranched alkanes of at least 4 members (excludes halogenated alkanes) is 18. The lowest BCUT2D eigenvalue weighted by molar-refractivity contribution is -0.386. The van der Waals surface area contributed by atoms with Crippen LogP contribution in [0.4, 0.5) is 11.4 Å². The number of nitro benzene ring substituents is 2. The summed E-state index contributed by atoms with van der Waals surface area (Å²) in [5.41, 5.74) is 0.714. The van der Waals surface area contributed by atoms with Crippen LogP contribution in [0.25, 0.3) is 11.1 Å². The van der Waals surface area contributed by atoms with Gasteiger partial charge in [0.2, 0.25) is 11.5 Å². The predicted octanol–water partition coefficient (Wildman–Crippen LogP) is 15.9. The third-order valence-electron chi connectivity index (χ3n) is 14.8. The Labute approximate surface area is 405 Å². The van der Waals surface area contributed by atoms with E-state index >= 15 is 0 Å². The molecule has 12 heteroatoms. The summed E-state index contributed by atoms with van der Waals surface area (Å²) in [4.78, 5) is 51.7. The van der Waals surface area contributed by atoms with Crippen molar-refractivity contribution in [2.24, 2.45) is 5.41 Å². The van der Waals surface area contributed by atoms with E-state index in [4.69, 9.17) is 18.9 Å². The van der Waals surface area contributed by atoms with Gasteiger partial charge in [-0.3, -0.25) is 25.0 Å². The van der Waals surface area contributed by atoms with Gasteiger partial charge in [-0.25, -0.2) is 4.79 Å². The molecule has 0 saturated heterocycles. The van der Waals surface area contributed by atoms with Gasteiger partial charge in [-0.15, -0.1) is 0 Å². The Bertz CT molecular complexity index is 2120. The molecule has 374 valence electrons. The smallest absolute Gasteiger partial charge is 0.343 e. The summed E-state index contributed by atoms with van der Waals surface area (Å²) in [6.45, 7) is 12.4. The van der Waals surface area contributed by atoms with Crippen molar-refractivity contribution in [3.63, 3.8) is 0 Å². The number of aryl methyl sites for hydroxylation is 2. The van der Waals surface area contributed by atoms with E-state index < -0.39 is 32.9 Å². The first kappa shape index (κ1) is 54.1. The van der Waals surface area contributed by atoms with Crippen molar-refractivity contribution in [1.82, 2.24) is 0 Å². The molecular weight excluding hydrogens is 861 g/mol. The molecular formula is C56H80N2O10. The van der Waals surface area contributed by atoms with Gasteiger partial charge in [-0.1, -0.05) is 129 Å². The summed E-state index contributed by atoms with van der Waals surface area (Å²) < 4.78 is 24.1. The van der Waals surface area contributed by atoms with Crippen LogP contribution in [0.15, 0.2) is 36.4 Å². The van der Waals surface area contributed by atoms with E-state index in [9.17, 15) is 29.8 Å². The zero-order chi connectivity index (χ0) is 49.1. The lowest BCUT2D eigenvalue weighted by Crippen LogP contribution is -2.52. The molecule has 3 aliphatic carbocycles. The van der Waals surface area contributed by atoms with Crippen LogP contribution < -0.4 is 14.2 Å². The molecule has 0 spiro atoms. The molecule has 12 nitrogen and oxygen atoms in total. The molecule has 3 aliphatic rings. The van der Waals surface area contributed by atoms with Gasteiger partial charge in [-0.05, 0) is 138 Å². The van der Waals surface area contributed by atoms with Crippen LogP contribution in [-0.2, 0) is 9.53 Å². The molecule has 0 amide bonds. The largest absolute Gasteiger partial charge is 0.494 e. The lowest BCUT2D eigenvalue weighted by Gasteiger charge is -2.51. The van der Waals surface area contributed by atoms with Crippen molar-refractivity contribution in [3.05, 3.63) is 84.4 Å². The summed E-state index contributed by atoms with van der Waals surface area (Å²) in [7, 11) is 0. The summed E-state index contributed by atoms with van der Waals surface area (Å²) >= 11 is 0.